The lowest BCUT2D eigenvalue weighted by Gasteiger charge is -2.35. The first kappa shape index (κ1) is 25.1. The average molecular weight is 539 g/mol. The number of benzene rings is 1. The highest BCUT2D eigenvalue weighted by atomic mass is 127. The summed E-state index contributed by atoms with van der Waals surface area (Å²) >= 11 is 0. The van der Waals surface area contributed by atoms with E-state index in [1.807, 2.05) is 18.1 Å². The Balaban J connectivity index is 0.00000341. The van der Waals surface area contributed by atoms with Gasteiger partial charge in [-0.3, -0.25) is 19.4 Å². The molecule has 2 heterocycles. The number of rotatable bonds is 7. The van der Waals surface area contributed by atoms with Gasteiger partial charge in [0.05, 0.1) is 11.9 Å². The Morgan fingerprint density at radius 2 is 1.84 bits per heavy atom. The molecule has 1 N–H and O–H groups in total. The molecule has 0 aliphatic carbocycles. The molecule has 0 saturated carbocycles. The molecule has 1 fully saturated rings. The van der Waals surface area contributed by atoms with Crippen molar-refractivity contribution in [2.45, 2.75) is 26.9 Å². The summed E-state index contributed by atoms with van der Waals surface area (Å²) in [4.78, 5) is 23.2. The van der Waals surface area contributed by atoms with Crippen molar-refractivity contribution in [1.29, 1.82) is 0 Å². The summed E-state index contributed by atoms with van der Waals surface area (Å²) in [6.07, 6.45) is 3.59. The Bertz CT molecular complexity index is 861. The Labute approximate surface area is 202 Å². The highest BCUT2D eigenvalue weighted by Crippen LogP contribution is 2.16. The van der Waals surface area contributed by atoms with Gasteiger partial charge < -0.3 is 15.1 Å². The Morgan fingerprint density at radius 1 is 1.16 bits per heavy atom. The third-order valence-corrected chi connectivity index (χ3v) is 5.51. The van der Waals surface area contributed by atoms with Gasteiger partial charge in [0.15, 0.2) is 5.96 Å². The SMILES string of the molecule is CCN(CC)Cc1ccc(CNC(=NC)N2CCN(c3cnn(C)c3)C(=O)C2)cc1.I. The van der Waals surface area contributed by atoms with E-state index >= 15 is 0 Å². The van der Waals surface area contributed by atoms with E-state index in [0.717, 1.165) is 37.8 Å². The standard InChI is InChI=1S/C22H33N7O.HI/c1-5-27(6-2)15-19-9-7-18(8-10-19)13-24-22(23-3)28-11-12-29(21(30)17-28)20-14-25-26(4)16-20;/h7-10,14,16H,5-6,11-13,15,17H2,1-4H3,(H,23,24);1H. The van der Waals surface area contributed by atoms with Crippen LogP contribution in [-0.4, -0.2) is 71.2 Å². The van der Waals surface area contributed by atoms with Crippen LogP contribution in [0.5, 0.6) is 0 Å². The molecule has 1 saturated heterocycles. The minimum absolute atomic E-state index is 0. The lowest BCUT2D eigenvalue weighted by atomic mass is 10.1. The van der Waals surface area contributed by atoms with E-state index in [9.17, 15) is 4.79 Å². The van der Waals surface area contributed by atoms with Crippen LogP contribution in [0.3, 0.4) is 0 Å². The van der Waals surface area contributed by atoms with E-state index in [0.29, 0.717) is 19.6 Å². The smallest absolute Gasteiger partial charge is 0.246 e. The van der Waals surface area contributed by atoms with Gasteiger partial charge in [-0.25, -0.2) is 0 Å². The molecule has 170 valence electrons. The largest absolute Gasteiger partial charge is 0.352 e. The highest BCUT2D eigenvalue weighted by Gasteiger charge is 2.27. The van der Waals surface area contributed by atoms with Crippen molar-refractivity contribution in [3.05, 3.63) is 47.8 Å². The zero-order valence-corrected chi connectivity index (χ0v) is 21.2. The molecule has 1 aliphatic rings. The van der Waals surface area contributed by atoms with Gasteiger partial charge in [-0.05, 0) is 24.2 Å². The molecule has 0 radical (unpaired) electrons. The molecule has 1 aromatic heterocycles. The van der Waals surface area contributed by atoms with E-state index in [1.54, 1.807) is 22.8 Å². The number of anilines is 1. The fraction of sp³-hybridized carbons (Fsp3) is 0.500. The predicted octanol–water partition coefficient (Wildman–Crippen LogP) is 2.30. The first-order valence-corrected chi connectivity index (χ1v) is 10.6. The lowest BCUT2D eigenvalue weighted by Crippen LogP contribution is -2.55. The number of halogens is 1. The maximum atomic E-state index is 12.6. The molecule has 8 nitrogen and oxygen atoms in total. The minimum atomic E-state index is 0. The first-order valence-electron chi connectivity index (χ1n) is 10.6. The van der Waals surface area contributed by atoms with Crippen molar-refractivity contribution in [2.75, 3.05) is 44.7 Å². The van der Waals surface area contributed by atoms with Crippen molar-refractivity contribution in [2.24, 2.45) is 12.0 Å². The fourth-order valence-corrected chi connectivity index (χ4v) is 3.66. The quantitative estimate of drug-likeness (QED) is 0.333. The predicted molar refractivity (Wildman–Crippen MR) is 136 cm³/mol. The van der Waals surface area contributed by atoms with Gasteiger partial charge in [0.2, 0.25) is 5.91 Å². The van der Waals surface area contributed by atoms with Gasteiger partial charge in [0.1, 0.15) is 6.54 Å². The number of nitrogens with zero attached hydrogens (tertiary/aromatic N) is 6. The van der Waals surface area contributed by atoms with Crippen LogP contribution in [0.25, 0.3) is 0 Å². The number of hydrogen-bond donors (Lipinski definition) is 1. The van der Waals surface area contributed by atoms with Gasteiger partial charge >= 0.3 is 0 Å². The van der Waals surface area contributed by atoms with Gasteiger partial charge in [-0.2, -0.15) is 5.10 Å². The zero-order valence-electron chi connectivity index (χ0n) is 18.9. The van der Waals surface area contributed by atoms with Crippen LogP contribution in [0.4, 0.5) is 5.69 Å². The third kappa shape index (κ3) is 6.67. The molecule has 3 rings (SSSR count). The average Bonchev–Trinajstić information content (AvgIpc) is 3.19. The van der Waals surface area contributed by atoms with Crippen molar-refractivity contribution in [1.82, 2.24) is 24.9 Å². The molecule has 1 aromatic carbocycles. The Hall–Kier alpha value is -2.14. The van der Waals surface area contributed by atoms with Crippen LogP contribution in [0.1, 0.15) is 25.0 Å². The summed E-state index contributed by atoms with van der Waals surface area (Å²) in [6.45, 7) is 9.79. The van der Waals surface area contributed by atoms with Gasteiger partial charge in [0, 0.05) is 46.5 Å². The summed E-state index contributed by atoms with van der Waals surface area (Å²) < 4.78 is 1.71. The molecule has 2 aromatic rings. The van der Waals surface area contributed by atoms with Crippen LogP contribution < -0.4 is 10.2 Å². The van der Waals surface area contributed by atoms with E-state index in [-0.39, 0.29) is 29.9 Å². The Morgan fingerprint density at radius 3 is 2.39 bits per heavy atom. The summed E-state index contributed by atoms with van der Waals surface area (Å²) in [6, 6.07) is 8.69. The van der Waals surface area contributed by atoms with Gasteiger partial charge in [-0.1, -0.05) is 38.1 Å². The van der Waals surface area contributed by atoms with E-state index in [4.69, 9.17) is 0 Å². The number of guanidine groups is 1. The lowest BCUT2D eigenvalue weighted by molar-refractivity contribution is -0.120. The van der Waals surface area contributed by atoms with E-state index in [1.165, 1.54) is 11.1 Å². The second kappa shape index (κ2) is 12.0. The molecule has 1 amide bonds. The second-order valence-electron chi connectivity index (χ2n) is 7.52. The van der Waals surface area contributed by atoms with Crippen molar-refractivity contribution < 1.29 is 4.79 Å². The number of nitrogens with one attached hydrogen (secondary N) is 1. The monoisotopic (exact) mass is 539 g/mol. The molecule has 31 heavy (non-hydrogen) atoms. The summed E-state index contributed by atoms with van der Waals surface area (Å²) in [5.41, 5.74) is 3.36. The van der Waals surface area contributed by atoms with E-state index < -0.39 is 0 Å². The number of carbonyl (C=O) groups excluding carboxylic acids is 1. The molecule has 0 atom stereocenters. The number of aryl methyl sites for hydroxylation is 1. The number of aromatic nitrogens is 2. The number of aliphatic imine (C=N–C) groups is 1. The first-order chi connectivity index (χ1) is 14.5. The minimum Gasteiger partial charge on any atom is -0.352 e. The third-order valence-electron chi connectivity index (χ3n) is 5.51. The second-order valence-corrected chi connectivity index (χ2v) is 7.52. The number of carbonyl (C=O) groups is 1. The number of piperazine rings is 1. The Kier molecular flexibility index (Phi) is 9.76. The molecule has 0 unspecified atom stereocenters. The van der Waals surface area contributed by atoms with Crippen LogP contribution >= 0.6 is 24.0 Å². The number of hydrogen-bond acceptors (Lipinski definition) is 4. The molecule has 0 spiro atoms. The van der Waals surface area contributed by atoms with Crippen LogP contribution in [0.15, 0.2) is 41.7 Å². The van der Waals surface area contributed by atoms with Gasteiger partial charge in [-0.15, -0.1) is 24.0 Å². The molecule has 0 bridgehead atoms. The van der Waals surface area contributed by atoms with Crippen LogP contribution in [-0.2, 0) is 24.9 Å². The van der Waals surface area contributed by atoms with Crippen molar-refractivity contribution >= 4 is 41.5 Å². The van der Waals surface area contributed by atoms with E-state index in [2.05, 4.69) is 58.4 Å². The van der Waals surface area contributed by atoms with Crippen LogP contribution in [0.2, 0.25) is 0 Å². The maximum absolute atomic E-state index is 12.6. The molecular formula is C22H34IN7O. The summed E-state index contributed by atoms with van der Waals surface area (Å²) in [5, 5.41) is 7.56. The summed E-state index contributed by atoms with van der Waals surface area (Å²) in [5.74, 6) is 0.805. The van der Waals surface area contributed by atoms with Crippen LogP contribution in [0, 0.1) is 0 Å². The van der Waals surface area contributed by atoms with Crippen molar-refractivity contribution in [3.63, 3.8) is 0 Å². The maximum Gasteiger partial charge on any atom is 0.246 e. The molecular weight excluding hydrogens is 505 g/mol. The normalized spacial score (nSPS) is 14.7. The van der Waals surface area contributed by atoms with Crippen molar-refractivity contribution in [3.8, 4) is 0 Å². The fourth-order valence-electron chi connectivity index (χ4n) is 3.66. The zero-order chi connectivity index (χ0) is 21.5. The highest BCUT2D eigenvalue weighted by molar-refractivity contribution is 14.0. The summed E-state index contributed by atoms with van der Waals surface area (Å²) in [7, 11) is 3.61. The molecule has 9 heteroatoms. The number of amides is 1. The molecule has 1 aliphatic heterocycles. The van der Waals surface area contributed by atoms with Gasteiger partial charge in [0.25, 0.3) is 0 Å². The topological polar surface area (TPSA) is 69.0 Å².